The Labute approximate surface area is 101 Å². The highest BCUT2D eigenvalue weighted by atomic mass is 35.5. The number of rotatable bonds is 3. The highest BCUT2D eigenvalue weighted by molar-refractivity contribution is 6.31. The first kappa shape index (κ1) is 13.3. The van der Waals surface area contributed by atoms with E-state index in [1.54, 1.807) is 6.07 Å². The van der Waals surface area contributed by atoms with Crippen LogP contribution in [0.3, 0.4) is 0 Å². The molecule has 0 radical (unpaired) electrons. The second-order valence-electron chi connectivity index (χ2n) is 2.89. The van der Waals surface area contributed by atoms with Crippen LogP contribution >= 0.6 is 11.6 Å². The van der Waals surface area contributed by atoms with Gasteiger partial charge in [-0.2, -0.15) is 5.26 Å². The van der Waals surface area contributed by atoms with Gasteiger partial charge in [0.2, 0.25) is 0 Å². The summed E-state index contributed by atoms with van der Waals surface area (Å²) in [7, 11) is 0. The molecule has 0 aliphatic carbocycles. The van der Waals surface area contributed by atoms with Crippen LogP contribution < -0.4 is 0 Å². The lowest BCUT2D eigenvalue weighted by Gasteiger charge is -2.08. The van der Waals surface area contributed by atoms with Gasteiger partial charge in [0, 0.05) is 0 Å². The number of nitriles is 1. The first-order valence-electron chi connectivity index (χ1n) is 4.57. The number of alkyl halides is 2. The quantitative estimate of drug-likeness (QED) is 0.784. The molecule has 0 spiro atoms. The Morgan fingerprint density at radius 3 is 2.82 bits per heavy atom. The molecular weight excluding hydrogens is 254 g/mol. The molecule has 90 valence electrons. The minimum atomic E-state index is -2.92. The number of carbonyl (C=O) groups excluding carboxylic acids is 1. The lowest BCUT2D eigenvalue weighted by Crippen LogP contribution is -2.12. The fourth-order valence-electron chi connectivity index (χ4n) is 1.11. The predicted molar refractivity (Wildman–Crippen MR) is 54.9 cm³/mol. The first-order chi connectivity index (χ1) is 8.01. The van der Waals surface area contributed by atoms with E-state index < -0.39 is 23.7 Å². The number of esters is 1. The van der Waals surface area contributed by atoms with Gasteiger partial charge >= 0.3 is 5.97 Å². The van der Waals surface area contributed by atoms with Crippen molar-refractivity contribution in [1.82, 2.24) is 4.98 Å². The third-order valence-corrected chi connectivity index (χ3v) is 2.10. The van der Waals surface area contributed by atoms with Gasteiger partial charge < -0.3 is 4.74 Å². The zero-order chi connectivity index (χ0) is 13.0. The van der Waals surface area contributed by atoms with Crippen molar-refractivity contribution in [3.8, 4) is 6.07 Å². The van der Waals surface area contributed by atoms with Crippen molar-refractivity contribution in [2.75, 3.05) is 6.61 Å². The number of carbonyl (C=O) groups is 1. The van der Waals surface area contributed by atoms with E-state index in [9.17, 15) is 13.6 Å². The molecule has 1 aromatic rings. The molecule has 0 fully saturated rings. The Kier molecular flexibility index (Phi) is 4.35. The second kappa shape index (κ2) is 5.55. The minimum absolute atomic E-state index is 0.0215. The zero-order valence-electron chi connectivity index (χ0n) is 8.71. The van der Waals surface area contributed by atoms with Crippen molar-refractivity contribution in [2.24, 2.45) is 0 Å². The molecule has 0 aliphatic rings. The van der Waals surface area contributed by atoms with Crippen LogP contribution in [0.25, 0.3) is 0 Å². The molecule has 7 heteroatoms. The van der Waals surface area contributed by atoms with Crippen LogP contribution in [0.15, 0.2) is 6.07 Å². The number of nitrogens with zero attached hydrogens (tertiary/aromatic N) is 2. The molecule has 0 unspecified atom stereocenters. The maximum Gasteiger partial charge on any atom is 0.357 e. The van der Waals surface area contributed by atoms with E-state index in [0.717, 1.165) is 6.07 Å². The average molecular weight is 261 g/mol. The van der Waals surface area contributed by atoms with Gasteiger partial charge in [0.1, 0.15) is 6.07 Å². The third kappa shape index (κ3) is 2.88. The Hall–Kier alpha value is -1.74. The molecule has 0 atom stereocenters. The summed E-state index contributed by atoms with van der Waals surface area (Å²) in [4.78, 5) is 14.9. The van der Waals surface area contributed by atoms with Crippen molar-refractivity contribution in [2.45, 2.75) is 13.3 Å². The van der Waals surface area contributed by atoms with Crippen LogP contribution in [-0.2, 0) is 4.74 Å². The monoisotopic (exact) mass is 260 g/mol. The van der Waals surface area contributed by atoms with Crippen LogP contribution in [0, 0.1) is 11.3 Å². The minimum Gasteiger partial charge on any atom is -0.461 e. The Morgan fingerprint density at radius 2 is 2.35 bits per heavy atom. The Balaban J connectivity index is 3.35. The number of ether oxygens (including phenoxy) is 1. The number of halogens is 3. The van der Waals surface area contributed by atoms with Gasteiger partial charge in [0.15, 0.2) is 11.4 Å². The average Bonchev–Trinajstić information content (AvgIpc) is 2.28. The summed E-state index contributed by atoms with van der Waals surface area (Å²) in [5, 5.41) is 8.42. The van der Waals surface area contributed by atoms with Gasteiger partial charge in [-0.05, 0) is 13.0 Å². The predicted octanol–water partition coefficient (Wildman–Crippen LogP) is 2.72. The summed E-state index contributed by atoms with van der Waals surface area (Å²) in [6, 6.07) is 2.45. The van der Waals surface area contributed by atoms with Gasteiger partial charge in [-0.3, -0.25) is 0 Å². The van der Waals surface area contributed by atoms with Crippen LogP contribution in [-0.4, -0.2) is 17.6 Å². The lowest BCUT2D eigenvalue weighted by molar-refractivity contribution is 0.0507. The molecule has 17 heavy (non-hydrogen) atoms. The number of aromatic nitrogens is 1. The highest BCUT2D eigenvalue weighted by Crippen LogP contribution is 2.27. The number of hydrogen-bond acceptors (Lipinski definition) is 4. The normalized spacial score (nSPS) is 10.1. The topological polar surface area (TPSA) is 63.0 Å². The number of pyridine rings is 1. The van der Waals surface area contributed by atoms with Crippen molar-refractivity contribution in [1.29, 1.82) is 5.26 Å². The van der Waals surface area contributed by atoms with E-state index >= 15 is 0 Å². The summed E-state index contributed by atoms with van der Waals surface area (Å²) in [6.45, 7) is 1.55. The third-order valence-electron chi connectivity index (χ3n) is 1.82. The van der Waals surface area contributed by atoms with E-state index in [1.807, 2.05) is 0 Å². The van der Waals surface area contributed by atoms with Gasteiger partial charge in [-0.25, -0.2) is 18.6 Å². The van der Waals surface area contributed by atoms with Crippen molar-refractivity contribution in [3.05, 3.63) is 28.0 Å². The van der Waals surface area contributed by atoms with Crippen molar-refractivity contribution < 1.29 is 18.3 Å². The van der Waals surface area contributed by atoms with E-state index in [-0.39, 0.29) is 17.3 Å². The second-order valence-corrected chi connectivity index (χ2v) is 3.30. The van der Waals surface area contributed by atoms with Crippen molar-refractivity contribution >= 4 is 17.6 Å². The fourth-order valence-corrected chi connectivity index (χ4v) is 1.31. The molecule has 0 aliphatic heterocycles. The van der Waals surface area contributed by atoms with E-state index in [0.29, 0.717) is 0 Å². The first-order valence-corrected chi connectivity index (χ1v) is 4.94. The van der Waals surface area contributed by atoms with Crippen molar-refractivity contribution in [3.63, 3.8) is 0 Å². The van der Waals surface area contributed by atoms with E-state index in [1.165, 1.54) is 6.92 Å². The zero-order valence-corrected chi connectivity index (χ0v) is 9.46. The van der Waals surface area contributed by atoms with Crippen LogP contribution in [0.2, 0.25) is 5.02 Å². The molecule has 0 N–H and O–H groups in total. The van der Waals surface area contributed by atoms with Gasteiger partial charge in [0.25, 0.3) is 6.43 Å². The highest BCUT2D eigenvalue weighted by Gasteiger charge is 2.23. The molecule has 1 aromatic heterocycles. The Morgan fingerprint density at radius 1 is 1.71 bits per heavy atom. The van der Waals surface area contributed by atoms with E-state index in [2.05, 4.69) is 9.72 Å². The SMILES string of the molecule is CCOC(=O)c1nc(C#N)c(Cl)cc1C(F)F. The maximum atomic E-state index is 12.7. The molecule has 0 aromatic carbocycles. The maximum absolute atomic E-state index is 12.7. The van der Waals surface area contributed by atoms with Crippen LogP contribution in [0.1, 0.15) is 35.1 Å². The lowest BCUT2D eigenvalue weighted by atomic mass is 10.2. The molecule has 1 rings (SSSR count). The summed E-state index contributed by atoms with van der Waals surface area (Å²) in [6.07, 6.45) is -2.92. The molecule has 0 bridgehead atoms. The summed E-state index contributed by atoms with van der Waals surface area (Å²) in [5.74, 6) is -1.00. The van der Waals surface area contributed by atoms with Crippen LogP contribution in [0.5, 0.6) is 0 Å². The van der Waals surface area contributed by atoms with Gasteiger partial charge in [0.05, 0.1) is 17.2 Å². The molecule has 4 nitrogen and oxygen atoms in total. The largest absolute Gasteiger partial charge is 0.461 e. The van der Waals surface area contributed by atoms with E-state index in [4.69, 9.17) is 16.9 Å². The summed E-state index contributed by atoms with van der Waals surface area (Å²) < 4.78 is 29.9. The fraction of sp³-hybridized carbons (Fsp3) is 0.300. The van der Waals surface area contributed by atoms with Gasteiger partial charge in [-0.15, -0.1) is 0 Å². The molecule has 0 amide bonds. The van der Waals surface area contributed by atoms with Gasteiger partial charge in [-0.1, -0.05) is 11.6 Å². The molecule has 0 saturated heterocycles. The standard InChI is InChI=1S/C10H7ClF2N2O2/c1-2-17-10(16)8-5(9(12)13)3-6(11)7(4-14)15-8/h3,9H,2H2,1H3. The molecule has 1 heterocycles. The molecule has 0 saturated carbocycles. The smallest absolute Gasteiger partial charge is 0.357 e. The number of hydrogen-bond donors (Lipinski definition) is 0. The summed E-state index contributed by atoms with van der Waals surface area (Å²) >= 11 is 5.56. The van der Waals surface area contributed by atoms with Crippen LogP contribution in [0.4, 0.5) is 8.78 Å². The summed E-state index contributed by atoms with van der Waals surface area (Å²) in [5.41, 5.74) is -1.52. The Bertz CT molecular complexity index is 486. The molecular formula is C10H7ClF2N2O2.